The Hall–Kier alpha value is -0.380. The highest BCUT2D eigenvalue weighted by Gasteiger charge is 2.32. The summed E-state index contributed by atoms with van der Waals surface area (Å²) in [5.74, 6) is 0. The van der Waals surface area contributed by atoms with Crippen molar-refractivity contribution in [3.63, 3.8) is 0 Å². The Kier molecular flexibility index (Phi) is 3.44. The zero-order valence-electron chi connectivity index (χ0n) is 9.88. The summed E-state index contributed by atoms with van der Waals surface area (Å²) < 4.78 is 5.88. The van der Waals surface area contributed by atoms with E-state index in [2.05, 4.69) is 30.1 Å². The molecule has 2 aliphatic heterocycles. The van der Waals surface area contributed by atoms with Crippen molar-refractivity contribution in [1.82, 2.24) is 10.2 Å². The third-order valence-electron chi connectivity index (χ3n) is 3.27. The molecule has 0 radical (unpaired) electrons. The van der Waals surface area contributed by atoms with Crippen molar-refractivity contribution in [2.75, 3.05) is 39.3 Å². The van der Waals surface area contributed by atoms with Crippen molar-refractivity contribution in [3.8, 4) is 0 Å². The van der Waals surface area contributed by atoms with Gasteiger partial charge >= 0.3 is 0 Å². The largest absolute Gasteiger partial charge is 0.371 e. The number of ether oxygens (including phenoxy) is 1. The summed E-state index contributed by atoms with van der Waals surface area (Å²) in [6.45, 7) is 10.7. The Bertz CT molecular complexity index is 246. The normalized spacial score (nSPS) is 25.9. The van der Waals surface area contributed by atoms with Crippen LogP contribution in [0.2, 0.25) is 0 Å². The van der Waals surface area contributed by atoms with Crippen LogP contribution in [0.15, 0.2) is 11.6 Å². The summed E-state index contributed by atoms with van der Waals surface area (Å²) in [6.07, 6.45) is 3.54. The highest BCUT2D eigenvalue weighted by atomic mass is 16.5. The zero-order chi connectivity index (χ0) is 10.7. The predicted octanol–water partition coefficient (Wildman–Crippen LogP) is 1.02. The topological polar surface area (TPSA) is 24.5 Å². The molecule has 0 aromatic carbocycles. The molecule has 1 N–H and O–H groups in total. The lowest BCUT2D eigenvalue weighted by Crippen LogP contribution is -2.59. The van der Waals surface area contributed by atoms with Gasteiger partial charge in [-0.15, -0.1) is 0 Å². The van der Waals surface area contributed by atoms with Gasteiger partial charge in [0, 0.05) is 32.7 Å². The molecule has 2 rings (SSSR count). The predicted molar refractivity (Wildman–Crippen MR) is 62.0 cm³/mol. The first-order chi connectivity index (χ1) is 7.18. The molecule has 15 heavy (non-hydrogen) atoms. The Morgan fingerprint density at radius 1 is 1.53 bits per heavy atom. The quantitative estimate of drug-likeness (QED) is 0.701. The van der Waals surface area contributed by atoms with Crippen LogP contribution in [0.3, 0.4) is 0 Å². The summed E-state index contributed by atoms with van der Waals surface area (Å²) >= 11 is 0. The standard InChI is InChI=1S/C12H22N2O/c1-11-4-3-5-14(8-11)6-7-15-12(2)9-13-10-12/h4,13H,3,5-10H2,1-2H3. The number of hydrogen-bond donors (Lipinski definition) is 1. The Morgan fingerprint density at radius 2 is 2.33 bits per heavy atom. The molecule has 0 aliphatic carbocycles. The van der Waals surface area contributed by atoms with Crippen LogP contribution in [0.4, 0.5) is 0 Å². The van der Waals surface area contributed by atoms with Gasteiger partial charge in [0.15, 0.2) is 0 Å². The molecule has 0 spiro atoms. The van der Waals surface area contributed by atoms with Gasteiger partial charge in [-0.3, -0.25) is 4.90 Å². The van der Waals surface area contributed by atoms with Crippen LogP contribution in [0, 0.1) is 0 Å². The van der Waals surface area contributed by atoms with Crippen molar-refractivity contribution in [1.29, 1.82) is 0 Å². The van der Waals surface area contributed by atoms with Crippen LogP contribution in [-0.2, 0) is 4.74 Å². The van der Waals surface area contributed by atoms with Gasteiger partial charge in [-0.2, -0.15) is 0 Å². The van der Waals surface area contributed by atoms with Gasteiger partial charge in [-0.05, 0) is 20.3 Å². The maximum absolute atomic E-state index is 5.88. The van der Waals surface area contributed by atoms with Crippen LogP contribution in [-0.4, -0.2) is 49.8 Å². The van der Waals surface area contributed by atoms with Gasteiger partial charge in [0.1, 0.15) is 0 Å². The SMILES string of the molecule is CC1=CCCN(CCOC2(C)CNC2)C1. The molecule has 1 fully saturated rings. The Labute approximate surface area is 92.5 Å². The minimum absolute atomic E-state index is 0.112. The molecule has 0 aromatic rings. The lowest BCUT2D eigenvalue weighted by molar-refractivity contribution is -0.0718. The van der Waals surface area contributed by atoms with Crippen LogP contribution in [0.1, 0.15) is 20.3 Å². The molecule has 0 saturated carbocycles. The monoisotopic (exact) mass is 210 g/mol. The first-order valence-electron chi connectivity index (χ1n) is 5.91. The van der Waals surface area contributed by atoms with Gasteiger partial charge in [0.05, 0.1) is 12.2 Å². The first-order valence-corrected chi connectivity index (χ1v) is 5.91. The maximum Gasteiger partial charge on any atom is 0.0902 e. The van der Waals surface area contributed by atoms with Crippen LogP contribution in [0.5, 0.6) is 0 Å². The van der Waals surface area contributed by atoms with Gasteiger partial charge < -0.3 is 10.1 Å². The zero-order valence-corrected chi connectivity index (χ0v) is 9.88. The van der Waals surface area contributed by atoms with Gasteiger partial charge in [-0.1, -0.05) is 11.6 Å². The molecule has 2 aliphatic rings. The highest BCUT2D eigenvalue weighted by Crippen LogP contribution is 2.15. The number of nitrogens with one attached hydrogen (secondary N) is 1. The average molecular weight is 210 g/mol. The maximum atomic E-state index is 5.88. The van der Waals surface area contributed by atoms with Crippen molar-refractivity contribution in [2.45, 2.75) is 25.9 Å². The number of nitrogens with zero attached hydrogens (tertiary/aromatic N) is 1. The molecule has 3 heteroatoms. The van der Waals surface area contributed by atoms with Gasteiger partial charge in [0.2, 0.25) is 0 Å². The molecule has 1 saturated heterocycles. The van der Waals surface area contributed by atoms with E-state index in [0.717, 1.165) is 32.8 Å². The summed E-state index contributed by atoms with van der Waals surface area (Å²) in [4.78, 5) is 2.48. The molecule has 0 aromatic heterocycles. The van der Waals surface area contributed by atoms with E-state index in [1.165, 1.54) is 18.5 Å². The van der Waals surface area contributed by atoms with E-state index in [1.54, 1.807) is 0 Å². The molecule has 2 heterocycles. The lowest BCUT2D eigenvalue weighted by Gasteiger charge is -2.39. The fourth-order valence-corrected chi connectivity index (χ4v) is 2.18. The van der Waals surface area contributed by atoms with Crippen molar-refractivity contribution < 1.29 is 4.74 Å². The second-order valence-electron chi connectivity index (χ2n) is 5.02. The van der Waals surface area contributed by atoms with E-state index in [1.807, 2.05) is 0 Å². The van der Waals surface area contributed by atoms with Crippen LogP contribution < -0.4 is 5.32 Å². The fraction of sp³-hybridized carbons (Fsp3) is 0.833. The Morgan fingerprint density at radius 3 is 2.93 bits per heavy atom. The summed E-state index contributed by atoms with van der Waals surface area (Å²) in [5, 5.41) is 3.25. The summed E-state index contributed by atoms with van der Waals surface area (Å²) in [7, 11) is 0. The molecular weight excluding hydrogens is 188 g/mol. The minimum Gasteiger partial charge on any atom is -0.371 e. The van der Waals surface area contributed by atoms with Crippen molar-refractivity contribution in [3.05, 3.63) is 11.6 Å². The number of hydrogen-bond acceptors (Lipinski definition) is 3. The van der Waals surface area contributed by atoms with E-state index in [0.29, 0.717) is 0 Å². The van der Waals surface area contributed by atoms with E-state index in [4.69, 9.17) is 4.74 Å². The van der Waals surface area contributed by atoms with Crippen LogP contribution in [0.25, 0.3) is 0 Å². The van der Waals surface area contributed by atoms with Gasteiger partial charge in [0.25, 0.3) is 0 Å². The summed E-state index contributed by atoms with van der Waals surface area (Å²) in [6, 6.07) is 0. The molecule has 0 unspecified atom stereocenters. The van der Waals surface area contributed by atoms with Gasteiger partial charge in [-0.25, -0.2) is 0 Å². The molecule has 0 amide bonds. The summed E-state index contributed by atoms with van der Waals surface area (Å²) in [5.41, 5.74) is 1.61. The fourth-order valence-electron chi connectivity index (χ4n) is 2.18. The van der Waals surface area contributed by atoms with Crippen molar-refractivity contribution in [2.24, 2.45) is 0 Å². The second-order valence-corrected chi connectivity index (χ2v) is 5.02. The highest BCUT2D eigenvalue weighted by molar-refractivity contribution is 5.04. The minimum atomic E-state index is 0.112. The molecule has 0 bridgehead atoms. The first kappa shape index (κ1) is 11.1. The van der Waals surface area contributed by atoms with E-state index in [-0.39, 0.29) is 5.60 Å². The molecular formula is C12H22N2O. The molecule has 0 atom stereocenters. The smallest absolute Gasteiger partial charge is 0.0902 e. The third kappa shape index (κ3) is 3.03. The Balaban J connectivity index is 1.63. The van der Waals surface area contributed by atoms with E-state index < -0.39 is 0 Å². The van der Waals surface area contributed by atoms with E-state index in [9.17, 15) is 0 Å². The lowest BCUT2D eigenvalue weighted by atomic mass is 10.0. The van der Waals surface area contributed by atoms with E-state index >= 15 is 0 Å². The molecule has 3 nitrogen and oxygen atoms in total. The average Bonchev–Trinajstić information content (AvgIpc) is 2.15. The van der Waals surface area contributed by atoms with Crippen LogP contribution >= 0.6 is 0 Å². The number of rotatable bonds is 4. The second kappa shape index (κ2) is 4.64. The third-order valence-corrected chi connectivity index (χ3v) is 3.27. The molecule has 86 valence electrons. The van der Waals surface area contributed by atoms with Crippen molar-refractivity contribution >= 4 is 0 Å².